The van der Waals surface area contributed by atoms with E-state index in [1.165, 1.54) is 12.1 Å². The predicted octanol–water partition coefficient (Wildman–Crippen LogP) is 5.93. The van der Waals surface area contributed by atoms with Crippen molar-refractivity contribution in [2.75, 3.05) is 32.1 Å². The lowest BCUT2D eigenvalue weighted by molar-refractivity contribution is -0.137. The Kier molecular flexibility index (Phi) is 7.65. The third-order valence-electron chi connectivity index (χ3n) is 6.51. The molecule has 0 radical (unpaired) electrons. The molecule has 2 N–H and O–H groups in total. The number of alkyl halides is 3. The Bertz CT molecular complexity index is 840. The van der Waals surface area contributed by atoms with Crippen molar-refractivity contribution in [1.29, 1.82) is 0 Å². The van der Waals surface area contributed by atoms with Gasteiger partial charge in [-0.15, -0.1) is 0 Å². The van der Waals surface area contributed by atoms with Crippen molar-refractivity contribution in [2.24, 2.45) is 11.8 Å². The van der Waals surface area contributed by atoms with E-state index in [-0.39, 0.29) is 24.5 Å². The van der Waals surface area contributed by atoms with Gasteiger partial charge in [0.25, 0.3) is 0 Å². The third-order valence-corrected chi connectivity index (χ3v) is 6.51. The summed E-state index contributed by atoms with van der Waals surface area (Å²) in [5.41, 5.74) is 2.11. The summed E-state index contributed by atoms with van der Waals surface area (Å²) in [4.78, 5) is 2.12. The van der Waals surface area contributed by atoms with Gasteiger partial charge in [0, 0.05) is 18.8 Å². The number of likely N-dealkylation sites (N-methyl/N-ethyl adjacent to an activating group) is 1. The van der Waals surface area contributed by atoms with E-state index in [9.17, 15) is 13.2 Å². The van der Waals surface area contributed by atoms with Crippen molar-refractivity contribution in [2.45, 2.75) is 44.8 Å². The second-order valence-electron chi connectivity index (χ2n) is 8.95. The highest BCUT2D eigenvalue weighted by atomic mass is 19.4. The fourth-order valence-electron chi connectivity index (χ4n) is 4.81. The van der Waals surface area contributed by atoms with Crippen molar-refractivity contribution in [3.8, 4) is 0 Å². The molecule has 2 unspecified atom stereocenters. The second kappa shape index (κ2) is 10.0. The number of aliphatic hydroxyl groups excluding tert-OH is 1. The van der Waals surface area contributed by atoms with Gasteiger partial charge in [-0.1, -0.05) is 44.2 Å². The molecule has 0 spiro atoms. The summed E-state index contributed by atoms with van der Waals surface area (Å²) < 4.78 is 40.0. The molecular weight excluding hydrogens is 401 g/mol. The first-order valence-corrected chi connectivity index (χ1v) is 11.0. The Morgan fingerprint density at radius 1 is 1.13 bits per heavy atom. The van der Waals surface area contributed by atoms with E-state index in [0.717, 1.165) is 36.2 Å². The van der Waals surface area contributed by atoms with Crippen LogP contribution < -0.4 is 5.32 Å². The number of hydrogen-bond donors (Lipinski definition) is 2. The van der Waals surface area contributed by atoms with Gasteiger partial charge >= 0.3 is 6.18 Å². The molecule has 3 nitrogen and oxygen atoms in total. The summed E-state index contributed by atoms with van der Waals surface area (Å²) in [6.45, 7) is 5.93. The molecule has 0 saturated carbocycles. The number of nitrogens with zero attached hydrogens (tertiary/aromatic N) is 1. The summed E-state index contributed by atoms with van der Waals surface area (Å²) in [5.74, 6) is 0.623. The molecule has 1 heterocycles. The highest BCUT2D eigenvalue weighted by molar-refractivity contribution is 5.59. The van der Waals surface area contributed by atoms with E-state index in [1.807, 2.05) is 25.2 Å². The van der Waals surface area contributed by atoms with Crippen LogP contribution in [0.2, 0.25) is 0 Å². The zero-order chi connectivity index (χ0) is 22.6. The van der Waals surface area contributed by atoms with Crippen molar-refractivity contribution in [3.63, 3.8) is 0 Å². The minimum atomic E-state index is -4.34. The molecule has 4 atom stereocenters. The van der Waals surface area contributed by atoms with Gasteiger partial charge < -0.3 is 15.3 Å². The minimum Gasteiger partial charge on any atom is -0.395 e. The minimum absolute atomic E-state index is 0.00567. The lowest BCUT2D eigenvalue weighted by Gasteiger charge is -2.40. The van der Waals surface area contributed by atoms with Crippen LogP contribution in [0, 0.1) is 11.8 Å². The van der Waals surface area contributed by atoms with Crippen LogP contribution in [0.15, 0.2) is 48.5 Å². The zero-order valence-corrected chi connectivity index (χ0v) is 18.5. The van der Waals surface area contributed by atoms with Crippen LogP contribution in [0.3, 0.4) is 0 Å². The van der Waals surface area contributed by atoms with E-state index in [2.05, 4.69) is 36.2 Å². The molecule has 0 aliphatic carbocycles. The molecular formula is C25H33F3N2O. The molecule has 1 aliphatic rings. The molecule has 2 aromatic rings. The first-order chi connectivity index (χ1) is 14.7. The molecule has 6 heteroatoms. The lowest BCUT2D eigenvalue weighted by atomic mass is 9.73. The Balaban J connectivity index is 1.85. The summed E-state index contributed by atoms with van der Waals surface area (Å²) in [5, 5.41) is 12.7. The van der Waals surface area contributed by atoms with Gasteiger partial charge in [0.2, 0.25) is 0 Å². The van der Waals surface area contributed by atoms with Crippen LogP contribution in [-0.4, -0.2) is 36.8 Å². The third kappa shape index (κ3) is 5.80. The summed E-state index contributed by atoms with van der Waals surface area (Å²) in [7, 11) is 2.00. The normalized spacial score (nSPS) is 22.1. The molecule has 0 bridgehead atoms. The van der Waals surface area contributed by atoms with Crippen LogP contribution in [0.4, 0.5) is 18.9 Å². The topological polar surface area (TPSA) is 35.5 Å². The number of halogens is 3. The van der Waals surface area contributed by atoms with Gasteiger partial charge in [0.15, 0.2) is 0 Å². The van der Waals surface area contributed by atoms with Gasteiger partial charge in [-0.25, -0.2) is 0 Å². The van der Waals surface area contributed by atoms with E-state index in [0.29, 0.717) is 12.5 Å². The van der Waals surface area contributed by atoms with Crippen LogP contribution >= 0.6 is 0 Å². The Morgan fingerprint density at radius 3 is 2.48 bits per heavy atom. The molecule has 3 rings (SSSR count). The highest BCUT2D eigenvalue weighted by Crippen LogP contribution is 2.48. The molecule has 0 saturated heterocycles. The van der Waals surface area contributed by atoms with Gasteiger partial charge in [0.1, 0.15) is 0 Å². The number of rotatable bonds is 8. The smallest absolute Gasteiger partial charge is 0.395 e. The number of anilines is 1. The maximum absolute atomic E-state index is 13.3. The van der Waals surface area contributed by atoms with Crippen LogP contribution in [0.25, 0.3) is 0 Å². The number of benzene rings is 2. The number of aliphatic hydroxyl groups is 1. The summed E-state index contributed by atoms with van der Waals surface area (Å²) in [6.07, 6.45) is -2.45. The Hall–Kier alpha value is -2.05. The molecule has 2 aromatic carbocycles. The van der Waals surface area contributed by atoms with Crippen molar-refractivity contribution in [1.82, 2.24) is 4.90 Å². The maximum atomic E-state index is 13.3. The molecule has 0 aromatic heterocycles. The number of fused-ring (bicyclic) bond motifs is 1. The number of hydrogen-bond acceptors (Lipinski definition) is 3. The molecule has 0 fully saturated rings. The molecule has 31 heavy (non-hydrogen) atoms. The van der Waals surface area contributed by atoms with Gasteiger partial charge in [-0.3, -0.25) is 0 Å². The van der Waals surface area contributed by atoms with Crippen LogP contribution in [0.1, 0.15) is 55.3 Å². The van der Waals surface area contributed by atoms with E-state index < -0.39 is 11.7 Å². The van der Waals surface area contributed by atoms with E-state index in [1.54, 1.807) is 6.07 Å². The maximum Gasteiger partial charge on any atom is 0.416 e. The summed E-state index contributed by atoms with van der Waals surface area (Å²) in [6, 6.07) is 14.3. The van der Waals surface area contributed by atoms with Gasteiger partial charge in [0.05, 0.1) is 18.2 Å². The number of nitrogens with one attached hydrogen (secondary N) is 1. The highest BCUT2D eigenvalue weighted by Gasteiger charge is 2.37. The first-order valence-electron chi connectivity index (χ1n) is 11.0. The average molecular weight is 435 g/mol. The lowest BCUT2D eigenvalue weighted by Crippen LogP contribution is -2.32. The fourth-order valence-corrected chi connectivity index (χ4v) is 4.81. The monoisotopic (exact) mass is 434 g/mol. The molecule has 170 valence electrons. The van der Waals surface area contributed by atoms with E-state index >= 15 is 0 Å². The SMILES string of the molecule is CC(CCC1[C@H](C)c2cc(C(F)(F)F)ccc2N[C@H]1c1ccccc1)CN(C)CCO. The predicted molar refractivity (Wildman–Crippen MR) is 119 cm³/mol. The standard InChI is InChI=1S/C25H33F3N2O/c1-17(16-30(3)13-14-31)9-11-21-18(2)22-15-20(25(26,27)28)10-12-23(22)29-24(21)19-7-5-4-6-8-19/h4-8,10,12,15,17-18,21,24,29,31H,9,11,13-14,16H2,1-3H3/t17?,18-,21?,24-/m0/s1. The van der Waals surface area contributed by atoms with Gasteiger partial charge in [-0.05, 0) is 67.0 Å². The quantitative estimate of drug-likeness (QED) is 0.540. The molecule has 0 amide bonds. The zero-order valence-electron chi connectivity index (χ0n) is 18.5. The van der Waals surface area contributed by atoms with Crippen molar-refractivity contribution in [3.05, 3.63) is 65.2 Å². The Morgan fingerprint density at radius 2 is 1.84 bits per heavy atom. The van der Waals surface area contributed by atoms with Crippen molar-refractivity contribution < 1.29 is 18.3 Å². The van der Waals surface area contributed by atoms with E-state index in [4.69, 9.17) is 5.11 Å². The second-order valence-corrected chi connectivity index (χ2v) is 8.95. The van der Waals surface area contributed by atoms with Crippen LogP contribution in [-0.2, 0) is 6.18 Å². The first kappa shape index (κ1) is 23.6. The fraction of sp³-hybridized carbons (Fsp3) is 0.520. The van der Waals surface area contributed by atoms with Gasteiger partial charge in [-0.2, -0.15) is 13.2 Å². The van der Waals surface area contributed by atoms with Crippen molar-refractivity contribution >= 4 is 5.69 Å². The Labute approximate surface area is 183 Å². The largest absolute Gasteiger partial charge is 0.416 e. The molecule has 1 aliphatic heterocycles. The summed E-state index contributed by atoms with van der Waals surface area (Å²) >= 11 is 0. The average Bonchev–Trinajstić information content (AvgIpc) is 2.72. The van der Waals surface area contributed by atoms with Crippen LogP contribution in [0.5, 0.6) is 0 Å².